The Morgan fingerprint density at radius 2 is 1.76 bits per heavy atom. The molecule has 17 heavy (non-hydrogen) atoms. The van der Waals surface area contributed by atoms with Crippen LogP contribution in [0.4, 0.5) is 13.2 Å². The molecule has 104 valence electrons. The van der Waals surface area contributed by atoms with Crippen LogP contribution in [0.2, 0.25) is 0 Å². The van der Waals surface area contributed by atoms with Gasteiger partial charge in [0.2, 0.25) is 0 Å². The van der Waals surface area contributed by atoms with Crippen LogP contribution < -0.4 is 0 Å². The Hall–Kier alpha value is -0.150. The van der Waals surface area contributed by atoms with Gasteiger partial charge in [0.25, 0.3) is 7.37 Å². The van der Waals surface area contributed by atoms with E-state index in [9.17, 15) is 26.2 Å². The Bertz CT molecular complexity index is 368. The van der Waals surface area contributed by atoms with Gasteiger partial charge in [0.05, 0.1) is 6.61 Å². The van der Waals surface area contributed by atoms with Gasteiger partial charge in [-0.2, -0.15) is 21.6 Å². The molecular formula is C6H12F3O6PS. The third kappa shape index (κ3) is 5.35. The van der Waals surface area contributed by atoms with Crippen molar-refractivity contribution in [1.82, 2.24) is 0 Å². The van der Waals surface area contributed by atoms with Crippen LogP contribution in [0.3, 0.4) is 0 Å². The van der Waals surface area contributed by atoms with Crippen molar-refractivity contribution >= 4 is 17.5 Å². The number of alkyl halides is 3. The summed E-state index contributed by atoms with van der Waals surface area (Å²) in [5.74, 6) is 0. The van der Waals surface area contributed by atoms with Crippen molar-refractivity contribution < 1.29 is 39.6 Å². The number of hydrogen-bond donors (Lipinski definition) is 0. The molecule has 0 aliphatic carbocycles. The molecule has 0 spiro atoms. The van der Waals surface area contributed by atoms with Gasteiger partial charge in [-0.15, -0.1) is 0 Å². The number of hydrogen-bond acceptors (Lipinski definition) is 6. The average Bonchev–Trinajstić information content (AvgIpc) is 2.14. The van der Waals surface area contributed by atoms with Gasteiger partial charge in [0, 0.05) is 7.11 Å². The van der Waals surface area contributed by atoms with Crippen molar-refractivity contribution in [3.05, 3.63) is 0 Å². The Morgan fingerprint density at radius 1 is 1.24 bits per heavy atom. The van der Waals surface area contributed by atoms with Gasteiger partial charge in [-0.25, -0.2) is 0 Å². The first-order chi connectivity index (χ1) is 7.58. The summed E-state index contributed by atoms with van der Waals surface area (Å²) in [5, 5.41) is 0. The molecule has 0 amide bonds. The highest BCUT2D eigenvalue weighted by molar-refractivity contribution is 7.87. The van der Waals surface area contributed by atoms with Crippen LogP contribution >= 0.6 is 7.37 Å². The van der Waals surface area contributed by atoms with E-state index in [2.05, 4.69) is 13.4 Å². The largest absolute Gasteiger partial charge is 0.523 e. The Kier molecular flexibility index (Phi) is 6.09. The molecule has 6 nitrogen and oxygen atoms in total. The first-order valence-corrected chi connectivity index (χ1v) is 7.65. The van der Waals surface area contributed by atoms with Crippen LogP contribution in [0.15, 0.2) is 0 Å². The van der Waals surface area contributed by atoms with Crippen LogP contribution in [-0.4, -0.2) is 40.3 Å². The first-order valence-electron chi connectivity index (χ1n) is 4.25. The number of methoxy groups -OCH3 is 1. The van der Waals surface area contributed by atoms with E-state index in [0.29, 0.717) is 0 Å². The van der Waals surface area contributed by atoms with E-state index in [1.807, 2.05) is 0 Å². The van der Waals surface area contributed by atoms with E-state index >= 15 is 0 Å². The van der Waals surface area contributed by atoms with E-state index in [4.69, 9.17) is 0 Å². The molecule has 0 aromatic carbocycles. The molecule has 0 aliphatic rings. The first kappa shape index (κ1) is 16.9. The maximum atomic E-state index is 11.9. The summed E-state index contributed by atoms with van der Waals surface area (Å²) in [7, 11) is -8.34. The second kappa shape index (κ2) is 6.14. The fraction of sp³-hybridized carbons (Fsp3) is 1.00. The smallest absolute Gasteiger partial charge is 0.375 e. The van der Waals surface area contributed by atoms with Crippen LogP contribution in [0.25, 0.3) is 0 Å². The Morgan fingerprint density at radius 3 is 2.12 bits per heavy atom. The summed E-state index contributed by atoms with van der Waals surface area (Å²) in [6.45, 7) is 1.37. The van der Waals surface area contributed by atoms with Gasteiger partial charge in [0.1, 0.15) is 12.7 Å². The fourth-order valence-electron chi connectivity index (χ4n) is 0.760. The summed E-state index contributed by atoms with van der Waals surface area (Å²) in [4.78, 5) is 0. The number of rotatable bonds is 7. The van der Waals surface area contributed by atoms with Crippen molar-refractivity contribution in [2.45, 2.75) is 12.4 Å². The summed E-state index contributed by atoms with van der Waals surface area (Å²) in [6, 6.07) is 0. The normalized spacial score (nSPS) is 16.8. The van der Waals surface area contributed by atoms with Crippen molar-refractivity contribution in [2.75, 3.05) is 26.4 Å². The lowest BCUT2D eigenvalue weighted by Gasteiger charge is -2.17. The average molecular weight is 300 g/mol. The van der Waals surface area contributed by atoms with Gasteiger partial charge >= 0.3 is 15.6 Å². The molecule has 0 heterocycles. The van der Waals surface area contributed by atoms with Gasteiger partial charge in [-0.1, -0.05) is 0 Å². The van der Waals surface area contributed by atoms with Crippen molar-refractivity contribution in [2.24, 2.45) is 0 Å². The molecule has 0 rings (SSSR count). The number of ether oxygens (including phenoxy) is 1. The quantitative estimate of drug-likeness (QED) is 0.405. The van der Waals surface area contributed by atoms with Crippen LogP contribution in [0.1, 0.15) is 6.92 Å². The molecule has 0 fully saturated rings. The zero-order valence-electron chi connectivity index (χ0n) is 9.06. The molecule has 0 bridgehead atoms. The second-order valence-corrected chi connectivity index (χ2v) is 6.81. The van der Waals surface area contributed by atoms with Gasteiger partial charge in [-0.3, -0.25) is 8.75 Å². The summed E-state index contributed by atoms with van der Waals surface area (Å²) < 4.78 is 81.2. The molecule has 0 saturated carbocycles. The minimum absolute atomic E-state index is 0.0733. The van der Waals surface area contributed by atoms with Gasteiger partial charge in [0.15, 0.2) is 0 Å². The van der Waals surface area contributed by atoms with Crippen molar-refractivity contribution in [3.8, 4) is 0 Å². The molecular weight excluding hydrogens is 288 g/mol. The molecule has 0 aromatic heterocycles. The minimum Gasteiger partial charge on any atom is -0.375 e. The van der Waals surface area contributed by atoms with Crippen molar-refractivity contribution in [3.63, 3.8) is 0 Å². The SMILES string of the molecule is CCOP(=O)(COC)COS(=O)(=O)C(F)(F)F. The Balaban J connectivity index is 4.68. The second-order valence-electron chi connectivity index (χ2n) is 2.80. The predicted octanol–water partition coefficient (Wildman–Crippen LogP) is 1.73. The van der Waals surface area contributed by atoms with Crippen LogP contribution in [-0.2, 0) is 28.1 Å². The molecule has 0 N–H and O–H groups in total. The molecule has 11 heteroatoms. The fourth-order valence-corrected chi connectivity index (χ4v) is 3.18. The van der Waals surface area contributed by atoms with E-state index < -0.39 is 35.7 Å². The molecule has 0 saturated heterocycles. The van der Waals surface area contributed by atoms with Gasteiger partial charge in [-0.05, 0) is 6.92 Å². The third-order valence-corrected chi connectivity index (χ3v) is 4.45. The highest BCUT2D eigenvalue weighted by Crippen LogP contribution is 2.47. The monoisotopic (exact) mass is 300 g/mol. The third-order valence-electron chi connectivity index (χ3n) is 1.38. The predicted molar refractivity (Wildman–Crippen MR) is 52.0 cm³/mol. The van der Waals surface area contributed by atoms with Crippen LogP contribution in [0, 0.1) is 0 Å². The summed E-state index contributed by atoms with van der Waals surface area (Å²) in [5.41, 5.74) is -5.56. The van der Waals surface area contributed by atoms with Crippen molar-refractivity contribution in [1.29, 1.82) is 0 Å². The van der Waals surface area contributed by atoms with E-state index in [1.54, 1.807) is 0 Å². The summed E-state index contributed by atoms with van der Waals surface area (Å²) >= 11 is 0. The topological polar surface area (TPSA) is 78.9 Å². The lowest BCUT2D eigenvalue weighted by Crippen LogP contribution is -2.26. The standard InChI is InChI=1S/C6H12F3O6PS/c1-3-14-16(10,4-13-2)5-15-17(11,12)6(7,8)9/h3-5H2,1-2H3. The highest BCUT2D eigenvalue weighted by Gasteiger charge is 2.48. The van der Waals surface area contributed by atoms with Crippen LogP contribution in [0.5, 0.6) is 0 Å². The van der Waals surface area contributed by atoms with E-state index in [0.717, 1.165) is 7.11 Å². The minimum atomic E-state index is -5.78. The zero-order chi connectivity index (χ0) is 13.7. The molecule has 0 aromatic rings. The lowest BCUT2D eigenvalue weighted by atomic mass is 10.9. The lowest BCUT2D eigenvalue weighted by molar-refractivity contribution is -0.0532. The maximum Gasteiger partial charge on any atom is 0.523 e. The summed E-state index contributed by atoms with van der Waals surface area (Å²) in [6.07, 6.45) is -1.75. The van der Waals surface area contributed by atoms with Gasteiger partial charge < -0.3 is 9.26 Å². The highest BCUT2D eigenvalue weighted by atomic mass is 32.2. The number of halogens is 3. The Labute approximate surface area is 96.6 Å². The van der Waals surface area contributed by atoms with E-state index in [-0.39, 0.29) is 6.61 Å². The molecule has 0 radical (unpaired) electrons. The maximum absolute atomic E-state index is 11.9. The molecule has 1 unspecified atom stereocenters. The molecule has 1 atom stereocenters. The zero-order valence-corrected chi connectivity index (χ0v) is 10.8. The molecule has 0 aliphatic heterocycles. The van der Waals surface area contributed by atoms with E-state index in [1.165, 1.54) is 6.92 Å².